The molecule has 0 saturated carbocycles. The van der Waals surface area contributed by atoms with Crippen LogP contribution in [0.25, 0.3) is 0 Å². The summed E-state index contributed by atoms with van der Waals surface area (Å²) in [5.74, 6) is -1.89. The van der Waals surface area contributed by atoms with Crippen molar-refractivity contribution in [1.29, 1.82) is 0 Å². The molecule has 0 spiro atoms. The molecule has 0 heterocycles. The Kier molecular flexibility index (Phi) is 9.00. The van der Waals surface area contributed by atoms with E-state index >= 15 is 0 Å². The van der Waals surface area contributed by atoms with E-state index in [9.17, 15) is 13.9 Å². The third-order valence-corrected chi connectivity index (χ3v) is 5.24. The van der Waals surface area contributed by atoms with Gasteiger partial charge in [-0.25, -0.2) is 13.8 Å². The predicted octanol–water partition coefficient (Wildman–Crippen LogP) is 6.87. The molecule has 0 bridgehead atoms. The number of phenols is 1. The first-order chi connectivity index (χ1) is 15.3. The maximum atomic E-state index is 14.2. The normalized spacial score (nSPS) is 13.6. The number of allylic oxidation sites excluding steroid dienone is 2. The van der Waals surface area contributed by atoms with Crippen LogP contribution in [0.4, 0.5) is 8.78 Å². The average molecular weight is 443 g/mol. The first-order valence-electron chi connectivity index (χ1n) is 10.8. The van der Waals surface area contributed by atoms with Crippen LogP contribution in [-0.2, 0) is 5.92 Å². The second kappa shape index (κ2) is 11.5. The molecular weight excluding hydrogens is 410 g/mol. The zero-order valence-electron chi connectivity index (χ0n) is 19.2. The first-order valence-corrected chi connectivity index (χ1v) is 10.8. The third kappa shape index (κ3) is 6.19. The van der Waals surface area contributed by atoms with Gasteiger partial charge < -0.3 is 15.2 Å². The highest BCUT2D eigenvalue weighted by atomic mass is 19.3. The van der Waals surface area contributed by atoms with Crippen LogP contribution >= 0.6 is 0 Å². The Morgan fingerprint density at radius 2 is 2.00 bits per heavy atom. The topological polar surface area (TPSA) is 53.9 Å². The van der Waals surface area contributed by atoms with Gasteiger partial charge in [-0.05, 0) is 55.3 Å². The molecule has 0 radical (unpaired) electrons. The number of phenolic OH excluding ortho intramolecular Hbond substituents is 1. The zero-order chi connectivity index (χ0) is 23.7. The van der Waals surface area contributed by atoms with E-state index in [1.165, 1.54) is 26.2 Å². The Hall–Kier alpha value is -3.15. The van der Waals surface area contributed by atoms with E-state index in [4.69, 9.17) is 4.74 Å². The number of aliphatic imine (C=N–C) groups is 1. The minimum absolute atomic E-state index is 0.0221. The zero-order valence-corrected chi connectivity index (χ0v) is 19.2. The predicted molar refractivity (Wildman–Crippen MR) is 127 cm³/mol. The third-order valence-electron chi connectivity index (χ3n) is 5.24. The van der Waals surface area contributed by atoms with Crippen LogP contribution in [0.5, 0.6) is 11.5 Å². The van der Waals surface area contributed by atoms with Crippen LogP contribution in [0.15, 0.2) is 72.0 Å². The molecule has 0 aliphatic rings. The van der Waals surface area contributed by atoms with Crippen molar-refractivity contribution in [2.24, 2.45) is 4.99 Å². The van der Waals surface area contributed by atoms with Crippen molar-refractivity contribution in [2.75, 3.05) is 7.11 Å². The van der Waals surface area contributed by atoms with Crippen LogP contribution in [0, 0.1) is 0 Å². The van der Waals surface area contributed by atoms with Crippen LogP contribution in [-0.4, -0.2) is 17.9 Å². The molecule has 6 heteroatoms. The summed E-state index contributed by atoms with van der Waals surface area (Å²) in [4.78, 5) is 4.69. The van der Waals surface area contributed by atoms with Gasteiger partial charge in [-0.15, -0.1) is 0 Å². The van der Waals surface area contributed by atoms with E-state index in [0.29, 0.717) is 17.3 Å². The number of nitrogens with zero attached hydrogens (tertiary/aromatic N) is 1. The minimum Gasteiger partial charge on any atom is -0.504 e. The first kappa shape index (κ1) is 25.1. The highest BCUT2D eigenvalue weighted by molar-refractivity contribution is 6.09. The molecule has 172 valence electrons. The number of alkyl halides is 2. The Labute approximate surface area is 189 Å². The van der Waals surface area contributed by atoms with Crippen molar-refractivity contribution in [3.8, 4) is 11.5 Å². The minimum atomic E-state index is -2.86. The number of benzene rings is 2. The summed E-state index contributed by atoms with van der Waals surface area (Å²) in [6.07, 6.45) is 4.83. The molecule has 2 aromatic rings. The van der Waals surface area contributed by atoms with Gasteiger partial charge in [0, 0.05) is 17.5 Å². The van der Waals surface area contributed by atoms with Gasteiger partial charge in [0.25, 0.3) is 5.92 Å². The van der Waals surface area contributed by atoms with E-state index in [1.54, 1.807) is 30.3 Å². The molecule has 0 aliphatic carbocycles. The monoisotopic (exact) mass is 442 g/mol. The van der Waals surface area contributed by atoms with Crippen LogP contribution in [0.2, 0.25) is 0 Å². The molecule has 0 aromatic heterocycles. The molecular formula is C26H32F2N2O2. The van der Waals surface area contributed by atoms with Gasteiger partial charge in [0.15, 0.2) is 11.5 Å². The number of nitrogens with one attached hydrogen (secondary N) is 1. The summed E-state index contributed by atoms with van der Waals surface area (Å²) in [6.45, 7) is 9.24. The van der Waals surface area contributed by atoms with E-state index in [0.717, 1.165) is 24.0 Å². The lowest BCUT2D eigenvalue weighted by Crippen LogP contribution is -2.21. The number of hydrogen-bond donors (Lipinski definition) is 2. The fraction of sp³-hybridized carbons (Fsp3) is 0.346. The Bertz CT molecular complexity index is 984. The summed E-state index contributed by atoms with van der Waals surface area (Å²) in [7, 11) is 1.48. The SMILES string of the molecule is C=C/C(=N\C(=C/C)NC(CCC)c1cccc(C(F)(F)CC)c1)c1ccc(O)c(OC)c1. The molecule has 0 fully saturated rings. The van der Waals surface area contributed by atoms with Crippen molar-refractivity contribution in [2.45, 2.75) is 52.0 Å². The molecule has 1 unspecified atom stereocenters. The fourth-order valence-corrected chi connectivity index (χ4v) is 3.35. The van der Waals surface area contributed by atoms with Gasteiger partial charge in [-0.1, -0.05) is 45.0 Å². The van der Waals surface area contributed by atoms with Crippen molar-refractivity contribution < 1.29 is 18.6 Å². The molecule has 2 N–H and O–H groups in total. The summed E-state index contributed by atoms with van der Waals surface area (Å²) in [6, 6.07) is 11.4. The summed E-state index contributed by atoms with van der Waals surface area (Å²) < 4.78 is 33.7. The summed E-state index contributed by atoms with van der Waals surface area (Å²) in [5.41, 5.74) is 2.13. The van der Waals surface area contributed by atoms with Gasteiger partial charge in [0.05, 0.1) is 18.9 Å². The van der Waals surface area contributed by atoms with Crippen LogP contribution < -0.4 is 10.1 Å². The maximum absolute atomic E-state index is 14.2. The molecule has 32 heavy (non-hydrogen) atoms. The maximum Gasteiger partial charge on any atom is 0.273 e. The quantitative estimate of drug-likeness (QED) is 0.373. The van der Waals surface area contributed by atoms with E-state index in [-0.39, 0.29) is 23.8 Å². The fourth-order valence-electron chi connectivity index (χ4n) is 3.35. The molecule has 0 saturated heterocycles. The number of hydrogen-bond acceptors (Lipinski definition) is 4. The number of rotatable bonds is 11. The second-order valence-electron chi connectivity index (χ2n) is 7.43. The van der Waals surface area contributed by atoms with E-state index < -0.39 is 5.92 Å². The second-order valence-corrected chi connectivity index (χ2v) is 7.43. The standard InChI is InChI=1S/C26H32F2N2O2/c1-6-11-22(18-12-10-13-20(16-18)26(27,28)9-4)30-25(8-3)29-21(7-2)19-14-15-23(31)24(17-19)32-5/h7-8,10,12-17,22,30-31H,2,6,9,11H2,1,3-5H3/b25-8+,29-21+. The molecule has 0 aliphatic heterocycles. The molecule has 2 aromatic carbocycles. The van der Waals surface area contributed by atoms with E-state index in [2.05, 4.69) is 23.8 Å². The van der Waals surface area contributed by atoms with Gasteiger partial charge >= 0.3 is 0 Å². The van der Waals surface area contributed by atoms with E-state index in [1.807, 2.05) is 19.1 Å². The summed E-state index contributed by atoms with van der Waals surface area (Å²) >= 11 is 0. The lowest BCUT2D eigenvalue weighted by molar-refractivity contribution is -0.00838. The van der Waals surface area contributed by atoms with Crippen molar-refractivity contribution in [3.05, 3.63) is 83.7 Å². The highest BCUT2D eigenvalue weighted by Gasteiger charge is 2.29. The number of halogens is 2. The lowest BCUT2D eigenvalue weighted by atomic mass is 9.97. The van der Waals surface area contributed by atoms with Gasteiger partial charge in [-0.2, -0.15) is 0 Å². The van der Waals surface area contributed by atoms with Crippen molar-refractivity contribution in [1.82, 2.24) is 5.32 Å². The largest absolute Gasteiger partial charge is 0.504 e. The number of aromatic hydroxyl groups is 1. The lowest BCUT2D eigenvalue weighted by Gasteiger charge is -2.22. The van der Waals surface area contributed by atoms with Gasteiger partial charge in [0.1, 0.15) is 5.82 Å². The Balaban J connectivity index is 2.37. The Morgan fingerprint density at radius 3 is 2.59 bits per heavy atom. The molecule has 2 rings (SSSR count). The van der Waals surface area contributed by atoms with Crippen LogP contribution in [0.3, 0.4) is 0 Å². The molecule has 0 amide bonds. The molecule has 1 atom stereocenters. The number of ether oxygens (including phenoxy) is 1. The Morgan fingerprint density at radius 1 is 1.25 bits per heavy atom. The molecule has 4 nitrogen and oxygen atoms in total. The van der Waals surface area contributed by atoms with Gasteiger partial charge in [-0.3, -0.25) is 0 Å². The highest BCUT2D eigenvalue weighted by Crippen LogP contribution is 2.33. The van der Waals surface area contributed by atoms with Crippen molar-refractivity contribution in [3.63, 3.8) is 0 Å². The smallest absolute Gasteiger partial charge is 0.273 e. The number of methoxy groups -OCH3 is 1. The average Bonchev–Trinajstić information content (AvgIpc) is 2.81. The summed E-state index contributed by atoms with van der Waals surface area (Å²) in [5, 5.41) is 13.2. The van der Waals surface area contributed by atoms with Crippen molar-refractivity contribution >= 4 is 5.71 Å². The van der Waals surface area contributed by atoms with Crippen LogP contribution in [0.1, 0.15) is 62.8 Å². The van der Waals surface area contributed by atoms with Gasteiger partial charge in [0.2, 0.25) is 0 Å².